The molecule has 0 aromatic heterocycles. The summed E-state index contributed by atoms with van der Waals surface area (Å²) in [5.74, 6) is -0.204. The van der Waals surface area contributed by atoms with Crippen LogP contribution in [0.5, 0.6) is 0 Å². The van der Waals surface area contributed by atoms with E-state index >= 15 is 0 Å². The van der Waals surface area contributed by atoms with E-state index in [0.717, 1.165) is 16.8 Å². The highest BCUT2D eigenvalue weighted by atomic mass is 16.2. The maximum Gasteiger partial charge on any atom is 0.243 e. The van der Waals surface area contributed by atoms with Gasteiger partial charge in [0, 0.05) is 23.5 Å². The molecule has 2 rings (SSSR count). The fraction of sp³-hybridized carbons (Fsp3) is 0.263. The zero-order valence-electron chi connectivity index (χ0n) is 14.3. The van der Waals surface area contributed by atoms with Crippen LogP contribution >= 0.6 is 0 Å². The van der Waals surface area contributed by atoms with Crippen molar-refractivity contribution in [2.75, 3.05) is 22.5 Å². The third kappa shape index (κ3) is 5.12. The van der Waals surface area contributed by atoms with E-state index in [9.17, 15) is 9.59 Å². The lowest BCUT2D eigenvalue weighted by molar-refractivity contribution is -0.116. The van der Waals surface area contributed by atoms with Crippen LogP contribution in [-0.2, 0) is 9.59 Å². The zero-order chi connectivity index (χ0) is 17.5. The summed E-state index contributed by atoms with van der Waals surface area (Å²) in [6, 6.07) is 13.2. The van der Waals surface area contributed by atoms with Gasteiger partial charge in [0.15, 0.2) is 0 Å². The van der Waals surface area contributed by atoms with Gasteiger partial charge in [-0.1, -0.05) is 25.1 Å². The Balaban J connectivity index is 1.93. The van der Waals surface area contributed by atoms with Gasteiger partial charge in [-0.05, 0) is 49.2 Å². The Morgan fingerprint density at radius 2 is 1.58 bits per heavy atom. The van der Waals surface area contributed by atoms with Crippen LogP contribution in [0.25, 0.3) is 0 Å². The second-order valence-electron chi connectivity index (χ2n) is 5.70. The van der Waals surface area contributed by atoms with E-state index in [-0.39, 0.29) is 18.4 Å². The molecular formula is C19H23N3O2. The Kier molecular flexibility index (Phi) is 5.95. The number of aryl methyl sites for hydroxylation is 2. The summed E-state index contributed by atoms with van der Waals surface area (Å²) in [6.45, 7) is 5.98. The number of hydrogen-bond donors (Lipinski definition) is 3. The molecule has 5 nitrogen and oxygen atoms in total. The van der Waals surface area contributed by atoms with Gasteiger partial charge in [-0.2, -0.15) is 0 Å². The van der Waals surface area contributed by atoms with Crippen LogP contribution in [0, 0.1) is 13.8 Å². The number of nitrogens with one attached hydrogen (secondary N) is 3. The molecule has 2 aromatic carbocycles. The summed E-state index contributed by atoms with van der Waals surface area (Å²) in [7, 11) is 0. The Labute approximate surface area is 142 Å². The number of rotatable bonds is 6. The smallest absolute Gasteiger partial charge is 0.243 e. The van der Waals surface area contributed by atoms with Gasteiger partial charge in [-0.15, -0.1) is 0 Å². The molecule has 0 atom stereocenters. The molecule has 0 aliphatic heterocycles. The molecule has 0 radical (unpaired) electrons. The van der Waals surface area contributed by atoms with Crippen LogP contribution in [0.3, 0.4) is 0 Å². The summed E-state index contributed by atoms with van der Waals surface area (Å²) in [6.07, 6.45) is 0.413. The van der Waals surface area contributed by atoms with Gasteiger partial charge < -0.3 is 16.0 Å². The first-order chi connectivity index (χ1) is 11.5. The van der Waals surface area contributed by atoms with Crippen molar-refractivity contribution < 1.29 is 9.59 Å². The summed E-state index contributed by atoms with van der Waals surface area (Å²) in [5, 5.41) is 8.74. The molecule has 0 heterocycles. The second-order valence-corrected chi connectivity index (χ2v) is 5.70. The lowest BCUT2D eigenvalue weighted by atomic mass is 10.1. The highest BCUT2D eigenvalue weighted by Crippen LogP contribution is 2.17. The average Bonchev–Trinajstić information content (AvgIpc) is 2.56. The van der Waals surface area contributed by atoms with Crippen LogP contribution in [0.1, 0.15) is 24.5 Å². The predicted octanol–water partition coefficient (Wildman–Crippen LogP) is 3.70. The molecule has 0 saturated carbocycles. The van der Waals surface area contributed by atoms with E-state index in [4.69, 9.17) is 0 Å². The molecule has 0 fully saturated rings. The number of amides is 2. The number of carbonyl (C=O) groups is 2. The zero-order valence-corrected chi connectivity index (χ0v) is 14.3. The van der Waals surface area contributed by atoms with Crippen molar-refractivity contribution in [3.05, 3.63) is 53.6 Å². The first-order valence-electron chi connectivity index (χ1n) is 7.99. The summed E-state index contributed by atoms with van der Waals surface area (Å²) < 4.78 is 0. The minimum Gasteiger partial charge on any atom is -0.376 e. The Morgan fingerprint density at radius 3 is 2.25 bits per heavy atom. The van der Waals surface area contributed by atoms with Crippen molar-refractivity contribution in [2.45, 2.75) is 27.2 Å². The Hall–Kier alpha value is -2.82. The minimum absolute atomic E-state index is 0.0601. The molecule has 0 bridgehead atoms. The van der Waals surface area contributed by atoms with Crippen molar-refractivity contribution >= 4 is 28.9 Å². The van der Waals surface area contributed by atoms with Crippen LogP contribution in [0.4, 0.5) is 17.1 Å². The van der Waals surface area contributed by atoms with E-state index in [2.05, 4.69) is 16.0 Å². The SMILES string of the molecule is CCC(=O)Nc1cccc(NC(=O)CNc2cc(C)ccc2C)c1. The molecule has 2 aromatic rings. The maximum absolute atomic E-state index is 12.1. The quantitative estimate of drug-likeness (QED) is 0.758. The summed E-state index contributed by atoms with van der Waals surface area (Å²) in [5.41, 5.74) is 4.51. The summed E-state index contributed by atoms with van der Waals surface area (Å²) >= 11 is 0. The van der Waals surface area contributed by atoms with E-state index in [1.54, 1.807) is 31.2 Å². The second kappa shape index (κ2) is 8.15. The molecule has 0 saturated heterocycles. The van der Waals surface area contributed by atoms with E-state index in [1.165, 1.54) is 0 Å². The first-order valence-corrected chi connectivity index (χ1v) is 7.99. The fourth-order valence-corrected chi connectivity index (χ4v) is 2.23. The minimum atomic E-state index is -0.144. The van der Waals surface area contributed by atoms with Crippen molar-refractivity contribution in [3.8, 4) is 0 Å². The van der Waals surface area contributed by atoms with Gasteiger partial charge in [-0.3, -0.25) is 9.59 Å². The van der Waals surface area contributed by atoms with Crippen LogP contribution in [0.15, 0.2) is 42.5 Å². The van der Waals surface area contributed by atoms with Gasteiger partial charge in [0.05, 0.1) is 6.54 Å². The van der Waals surface area contributed by atoms with Gasteiger partial charge in [-0.25, -0.2) is 0 Å². The lowest BCUT2D eigenvalue weighted by Crippen LogP contribution is -2.22. The van der Waals surface area contributed by atoms with Crippen molar-refractivity contribution in [1.29, 1.82) is 0 Å². The van der Waals surface area contributed by atoms with Gasteiger partial charge in [0.25, 0.3) is 0 Å². The predicted molar refractivity (Wildman–Crippen MR) is 98.4 cm³/mol. The van der Waals surface area contributed by atoms with Crippen LogP contribution in [-0.4, -0.2) is 18.4 Å². The highest BCUT2D eigenvalue weighted by molar-refractivity contribution is 5.95. The fourth-order valence-electron chi connectivity index (χ4n) is 2.23. The third-order valence-electron chi connectivity index (χ3n) is 3.58. The maximum atomic E-state index is 12.1. The van der Waals surface area contributed by atoms with Gasteiger partial charge in [0.1, 0.15) is 0 Å². The summed E-state index contributed by atoms with van der Waals surface area (Å²) in [4.78, 5) is 23.5. The number of hydrogen-bond acceptors (Lipinski definition) is 3. The Bertz CT molecular complexity index is 741. The van der Waals surface area contributed by atoms with E-state index in [1.807, 2.05) is 32.0 Å². The van der Waals surface area contributed by atoms with Crippen molar-refractivity contribution in [2.24, 2.45) is 0 Å². The van der Waals surface area contributed by atoms with E-state index in [0.29, 0.717) is 17.8 Å². The standard InChI is InChI=1S/C19H23N3O2/c1-4-18(23)21-15-6-5-7-16(11-15)22-19(24)12-20-17-10-13(2)8-9-14(17)3/h5-11,20H,4,12H2,1-3H3,(H,21,23)(H,22,24). The molecule has 24 heavy (non-hydrogen) atoms. The topological polar surface area (TPSA) is 70.2 Å². The normalized spacial score (nSPS) is 10.1. The molecular weight excluding hydrogens is 302 g/mol. The van der Waals surface area contributed by atoms with Gasteiger partial charge in [0.2, 0.25) is 11.8 Å². The average molecular weight is 325 g/mol. The molecule has 5 heteroatoms. The number of carbonyl (C=O) groups excluding carboxylic acids is 2. The molecule has 2 amide bonds. The molecule has 126 valence electrons. The number of anilines is 3. The molecule has 3 N–H and O–H groups in total. The largest absolute Gasteiger partial charge is 0.376 e. The third-order valence-corrected chi connectivity index (χ3v) is 3.58. The van der Waals surface area contributed by atoms with Gasteiger partial charge >= 0.3 is 0 Å². The molecule has 0 spiro atoms. The highest BCUT2D eigenvalue weighted by Gasteiger charge is 2.06. The van der Waals surface area contributed by atoms with Crippen LogP contribution < -0.4 is 16.0 Å². The van der Waals surface area contributed by atoms with Crippen molar-refractivity contribution in [1.82, 2.24) is 0 Å². The molecule has 0 unspecified atom stereocenters. The monoisotopic (exact) mass is 325 g/mol. The number of benzene rings is 2. The van der Waals surface area contributed by atoms with E-state index < -0.39 is 0 Å². The van der Waals surface area contributed by atoms with Crippen molar-refractivity contribution in [3.63, 3.8) is 0 Å². The van der Waals surface area contributed by atoms with Crippen LogP contribution in [0.2, 0.25) is 0 Å². The molecule has 0 aliphatic rings. The lowest BCUT2D eigenvalue weighted by Gasteiger charge is -2.11. The molecule has 0 aliphatic carbocycles. The first kappa shape index (κ1) is 17.5. The Morgan fingerprint density at radius 1 is 0.917 bits per heavy atom.